The van der Waals surface area contributed by atoms with E-state index in [1.807, 2.05) is 0 Å². The normalized spacial score (nSPS) is 11.8. The van der Waals surface area contributed by atoms with Crippen molar-refractivity contribution in [1.82, 2.24) is 0 Å². The first-order valence-corrected chi connectivity index (χ1v) is 10.6. The molecule has 31 heavy (non-hydrogen) atoms. The molecule has 0 spiro atoms. The van der Waals surface area contributed by atoms with Crippen LogP contribution in [0.15, 0.2) is 71.6 Å². The predicted molar refractivity (Wildman–Crippen MR) is 113 cm³/mol. The fourth-order valence-corrected chi connectivity index (χ4v) is 4.35. The van der Waals surface area contributed by atoms with Crippen LogP contribution in [0.1, 0.15) is 27.0 Å². The number of sulfonamides is 1. The van der Waals surface area contributed by atoms with Crippen LogP contribution in [0.25, 0.3) is 0 Å². The number of halogens is 3. The first kappa shape index (κ1) is 22.4. The highest BCUT2D eigenvalue weighted by atomic mass is 32.2. The molecule has 0 aliphatic rings. The van der Waals surface area contributed by atoms with Crippen molar-refractivity contribution in [2.45, 2.75) is 24.9 Å². The zero-order chi connectivity index (χ0) is 22.8. The van der Waals surface area contributed by atoms with Gasteiger partial charge in [0.15, 0.2) is 0 Å². The number of aryl methyl sites for hydroxylation is 2. The number of anilines is 2. The molecule has 5 nitrogen and oxygen atoms in total. The maximum atomic E-state index is 13.2. The number of alkyl halides is 3. The van der Waals surface area contributed by atoms with E-state index < -0.39 is 33.4 Å². The molecule has 3 aromatic rings. The molecule has 0 bridgehead atoms. The Balaban J connectivity index is 1.93. The fourth-order valence-electron chi connectivity index (χ4n) is 2.95. The van der Waals surface area contributed by atoms with E-state index in [2.05, 4.69) is 10.0 Å². The Bertz CT molecular complexity index is 1240. The number of nitrogens with one attached hydrogen (secondary N) is 2. The Morgan fingerprint density at radius 3 is 2.10 bits per heavy atom. The van der Waals surface area contributed by atoms with Crippen LogP contribution in [0.4, 0.5) is 24.5 Å². The summed E-state index contributed by atoms with van der Waals surface area (Å²) in [5.41, 5.74) is -0.0224. The van der Waals surface area contributed by atoms with Crippen molar-refractivity contribution in [1.29, 1.82) is 0 Å². The molecule has 0 fully saturated rings. The molecule has 0 aliphatic heterocycles. The quantitative estimate of drug-likeness (QED) is 0.551. The van der Waals surface area contributed by atoms with Gasteiger partial charge in [0.25, 0.3) is 15.9 Å². The summed E-state index contributed by atoms with van der Waals surface area (Å²) >= 11 is 0. The number of benzene rings is 3. The average molecular weight is 448 g/mol. The van der Waals surface area contributed by atoms with E-state index in [4.69, 9.17) is 0 Å². The summed E-state index contributed by atoms with van der Waals surface area (Å²) in [4.78, 5) is 12.5. The minimum atomic E-state index is -4.65. The van der Waals surface area contributed by atoms with Gasteiger partial charge in [0, 0.05) is 5.56 Å². The van der Waals surface area contributed by atoms with Gasteiger partial charge in [-0.05, 0) is 55.3 Å². The first-order chi connectivity index (χ1) is 14.5. The van der Waals surface area contributed by atoms with Crippen LogP contribution >= 0.6 is 0 Å². The Morgan fingerprint density at radius 2 is 1.45 bits per heavy atom. The summed E-state index contributed by atoms with van der Waals surface area (Å²) in [6.45, 7) is 3.31. The van der Waals surface area contributed by atoms with Gasteiger partial charge in [-0.25, -0.2) is 8.42 Å². The van der Waals surface area contributed by atoms with Gasteiger partial charge in [0.05, 0.1) is 21.8 Å². The number of para-hydroxylation sites is 2. The molecule has 3 aromatic carbocycles. The van der Waals surface area contributed by atoms with Crippen LogP contribution in [-0.2, 0) is 16.2 Å². The number of carbonyl (C=O) groups excluding carboxylic acids is 1. The lowest BCUT2D eigenvalue weighted by molar-refractivity contribution is -0.136. The second-order valence-electron chi connectivity index (χ2n) is 6.90. The van der Waals surface area contributed by atoms with Gasteiger partial charge in [-0.3, -0.25) is 9.52 Å². The summed E-state index contributed by atoms with van der Waals surface area (Å²) in [7, 11) is -4.04. The summed E-state index contributed by atoms with van der Waals surface area (Å²) in [5.74, 6) is -0.857. The maximum absolute atomic E-state index is 13.2. The van der Waals surface area contributed by atoms with Crippen LogP contribution < -0.4 is 10.0 Å². The van der Waals surface area contributed by atoms with E-state index in [-0.39, 0.29) is 10.5 Å². The predicted octanol–water partition coefficient (Wildman–Crippen LogP) is 5.38. The van der Waals surface area contributed by atoms with Crippen molar-refractivity contribution in [3.05, 3.63) is 89.0 Å². The van der Waals surface area contributed by atoms with E-state index in [1.165, 1.54) is 24.3 Å². The largest absolute Gasteiger partial charge is 0.418 e. The lowest BCUT2D eigenvalue weighted by Crippen LogP contribution is -2.19. The Kier molecular flexibility index (Phi) is 6.08. The van der Waals surface area contributed by atoms with E-state index in [1.54, 1.807) is 38.1 Å². The highest BCUT2D eigenvalue weighted by Gasteiger charge is 2.33. The van der Waals surface area contributed by atoms with Gasteiger partial charge in [-0.15, -0.1) is 0 Å². The molecule has 2 N–H and O–H groups in total. The molecule has 0 aliphatic carbocycles. The zero-order valence-electron chi connectivity index (χ0n) is 16.6. The third-order valence-electron chi connectivity index (χ3n) is 4.61. The lowest BCUT2D eigenvalue weighted by atomic mass is 10.1. The topological polar surface area (TPSA) is 75.3 Å². The molecular weight excluding hydrogens is 429 g/mol. The number of amides is 1. The molecule has 1 amide bonds. The first-order valence-electron chi connectivity index (χ1n) is 9.16. The molecule has 0 aromatic heterocycles. The second kappa shape index (κ2) is 8.43. The minimum Gasteiger partial charge on any atom is -0.321 e. The molecule has 0 saturated heterocycles. The molecular formula is C22H19F3N2O3S. The van der Waals surface area contributed by atoms with E-state index in [9.17, 15) is 26.4 Å². The van der Waals surface area contributed by atoms with Crippen molar-refractivity contribution in [3.8, 4) is 0 Å². The van der Waals surface area contributed by atoms with Crippen molar-refractivity contribution in [2.24, 2.45) is 0 Å². The maximum Gasteiger partial charge on any atom is 0.418 e. The summed E-state index contributed by atoms with van der Waals surface area (Å²) in [6, 6.07) is 15.3. The van der Waals surface area contributed by atoms with Gasteiger partial charge in [0.2, 0.25) is 0 Å². The minimum absolute atomic E-state index is 0.0901. The summed E-state index contributed by atoms with van der Waals surface area (Å²) < 4.78 is 67.8. The van der Waals surface area contributed by atoms with E-state index >= 15 is 0 Å². The van der Waals surface area contributed by atoms with Gasteiger partial charge >= 0.3 is 6.18 Å². The summed E-state index contributed by atoms with van der Waals surface area (Å²) in [5, 5.41) is 2.22. The monoisotopic (exact) mass is 448 g/mol. The highest BCUT2D eigenvalue weighted by Crippen LogP contribution is 2.34. The molecule has 0 radical (unpaired) electrons. The second-order valence-corrected chi connectivity index (χ2v) is 8.55. The highest BCUT2D eigenvalue weighted by molar-refractivity contribution is 7.92. The fraction of sp³-hybridized carbons (Fsp3) is 0.136. The van der Waals surface area contributed by atoms with Gasteiger partial charge in [-0.1, -0.05) is 36.4 Å². The van der Waals surface area contributed by atoms with Crippen molar-refractivity contribution in [2.75, 3.05) is 10.0 Å². The molecule has 9 heteroatoms. The Morgan fingerprint density at radius 1 is 0.839 bits per heavy atom. The zero-order valence-corrected chi connectivity index (χ0v) is 17.4. The van der Waals surface area contributed by atoms with Gasteiger partial charge < -0.3 is 5.32 Å². The smallest absolute Gasteiger partial charge is 0.321 e. The third kappa shape index (κ3) is 5.05. The van der Waals surface area contributed by atoms with Crippen molar-refractivity contribution in [3.63, 3.8) is 0 Å². The van der Waals surface area contributed by atoms with E-state index in [0.717, 1.165) is 18.2 Å². The van der Waals surface area contributed by atoms with E-state index in [0.29, 0.717) is 16.8 Å². The number of carbonyl (C=O) groups is 1. The van der Waals surface area contributed by atoms with Crippen LogP contribution in [0.2, 0.25) is 0 Å². The van der Waals surface area contributed by atoms with Crippen LogP contribution in [0.5, 0.6) is 0 Å². The number of rotatable bonds is 5. The van der Waals surface area contributed by atoms with Crippen LogP contribution in [0.3, 0.4) is 0 Å². The third-order valence-corrected chi connectivity index (χ3v) is 6.12. The standard InChI is InChI=1S/C22H19F3N2O3S/c1-14-7-3-5-9-18(14)27-31(29,30)20-13-16(12-11-15(20)2)21(28)26-19-10-6-4-8-17(19)22(23,24)25/h3-13,27H,1-2H3,(H,26,28). The molecule has 0 saturated carbocycles. The molecule has 162 valence electrons. The number of hydrogen-bond donors (Lipinski definition) is 2. The lowest BCUT2D eigenvalue weighted by Gasteiger charge is -2.15. The van der Waals surface area contributed by atoms with Crippen molar-refractivity contribution >= 4 is 27.3 Å². The number of hydrogen-bond acceptors (Lipinski definition) is 3. The summed E-state index contributed by atoms with van der Waals surface area (Å²) in [6.07, 6.45) is -4.65. The molecule has 0 unspecified atom stereocenters. The molecule has 3 rings (SSSR count). The van der Waals surface area contributed by atoms with Gasteiger partial charge in [-0.2, -0.15) is 13.2 Å². The molecule has 0 heterocycles. The van der Waals surface area contributed by atoms with Gasteiger partial charge in [0.1, 0.15) is 0 Å². The van der Waals surface area contributed by atoms with Crippen LogP contribution in [-0.4, -0.2) is 14.3 Å². The average Bonchev–Trinajstić information content (AvgIpc) is 2.69. The Labute approximate surface area is 178 Å². The van der Waals surface area contributed by atoms with Crippen molar-refractivity contribution < 1.29 is 26.4 Å². The Hall–Kier alpha value is -3.33. The molecule has 0 atom stereocenters. The van der Waals surface area contributed by atoms with Crippen LogP contribution in [0, 0.1) is 13.8 Å². The SMILES string of the molecule is Cc1ccccc1NS(=O)(=O)c1cc(C(=O)Nc2ccccc2C(F)(F)F)ccc1C.